The number of hydrogen-bond donors (Lipinski definition) is 3. The molecule has 1 heterocycles. The van der Waals surface area contributed by atoms with Crippen molar-refractivity contribution in [1.29, 1.82) is 0 Å². The second kappa shape index (κ2) is 5.08. The lowest BCUT2D eigenvalue weighted by atomic mass is 10.1. The van der Waals surface area contributed by atoms with Crippen LogP contribution in [-0.4, -0.2) is 24.7 Å². The van der Waals surface area contributed by atoms with Crippen molar-refractivity contribution >= 4 is 21.9 Å². The maximum absolute atomic E-state index is 13.2. The molecule has 0 radical (unpaired) electrons. The summed E-state index contributed by atoms with van der Waals surface area (Å²) in [6, 6.07) is 3.98. The van der Waals surface area contributed by atoms with E-state index in [9.17, 15) is 17.2 Å². The predicted octanol–water partition coefficient (Wildman–Crippen LogP) is 2.11. The Morgan fingerprint density at radius 3 is 2.57 bits per heavy atom. The first-order chi connectivity index (χ1) is 9.59. The minimum atomic E-state index is -4.31. The highest BCUT2D eigenvalue weighted by Gasteiger charge is 2.27. The van der Waals surface area contributed by atoms with Gasteiger partial charge in [0, 0.05) is 11.8 Å². The fourth-order valence-electron chi connectivity index (χ4n) is 2.02. The summed E-state index contributed by atoms with van der Waals surface area (Å²) < 4.78 is 57.6. The number of halogens is 2. The number of nitrogens with zero attached hydrogens (tertiary/aromatic N) is 1. The van der Waals surface area contributed by atoms with E-state index < -0.39 is 27.8 Å². The topological polar surface area (TPSA) is 90.8 Å². The molecular weight excluding hydrogens is 304 g/mol. The van der Waals surface area contributed by atoms with E-state index in [0.717, 1.165) is 6.08 Å². The van der Waals surface area contributed by atoms with Crippen LogP contribution in [0, 0.1) is 6.92 Å². The second-order valence-corrected chi connectivity index (χ2v) is 6.14. The maximum Gasteiger partial charge on any atom is 0.294 e. The van der Waals surface area contributed by atoms with Gasteiger partial charge in [0.25, 0.3) is 16.2 Å². The lowest BCUT2D eigenvalue weighted by molar-refractivity contribution is 0.482. The van der Waals surface area contributed by atoms with Crippen molar-refractivity contribution in [3.63, 3.8) is 0 Å². The molecule has 0 spiro atoms. The maximum atomic E-state index is 13.2. The minimum absolute atomic E-state index is 0.236. The van der Waals surface area contributed by atoms with Gasteiger partial charge < -0.3 is 5.32 Å². The van der Waals surface area contributed by atoms with Crippen LogP contribution in [0.25, 0.3) is 0 Å². The summed E-state index contributed by atoms with van der Waals surface area (Å²) in [5.41, 5.74) is -0.676. The first-order valence-electron chi connectivity index (χ1n) is 5.86. The molecule has 1 aromatic rings. The Kier molecular flexibility index (Phi) is 3.72. The molecule has 0 saturated carbocycles. The molecule has 0 fully saturated rings. The van der Waals surface area contributed by atoms with E-state index in [1.165, 1.54) is 32.0 Å². The molecule has 1 atom stereocenters. The third-order valence-electron chi connectivity index (χ3n) is 2.81. The fraction of sp³-hybridized carbons (Fsp3) is 0.250. The molecule has 1 aliphatic heterocycles. The highest BCUT2D eigenvalue weighted by Crippen LogP contribution is 2.25. The van der Waals surface area contributed by atoms with Crippen LogP contribution in [-0.2, 0) is 10.1 Å². The molecule has 0 bridgehead atoms. The van der Waals surface area contributed by atoms with Crippen LogP contribution in [0.4, 0.5) is 14.5 Å². The van der Waals surface area contributed by atoms with Gasteiger partial charge in [0.2, 0.25) is 0 Å². The molecule has 114 valence electrons. The minimum Gasteiger partial charge on any atom is -0.358 e. The summed E-state index contributed by atoms with van der Waals surface area (Å²) in [4.78, 5) is 3.37. The molecule has 21 heavy (non-hydrogen) atoms. The van der Waals surface area contributed by atoms with Crippen molar-refractivity contribution in [3.05, 3.63) is 35.8 Å². The zero-order valence-corrected chi connectivity index (χ0v) is 12.0. The summed E-state index contributed by atoms with van der Waals surface area (Å²) in [6.07, 6.45) is -0.0291. The van der Waals surface area contributed by atoms with E-state index in [0.29, 0.717) is 5.69 Å². The number of amidine groups is 1. The second-order valence-electron chi connectivity index (χ2n) is 4.75. The predicted molar refractivity (Wildman–Crippen MR) is 73.9 cm³/mol. The number of aliphatic imine (C=N–C) groups is 1. The summed E-state index contributed by atoms with van der Waals surface area (Å²) in [5.74, 6) is -0.885. The van der Waals surface area contributed by atoms with Gasteiger partial charge in [0.1, 0.15) is 0 Å². The molecule has 0 amide bonds. The van der Waals surface area contributed by atoms with Crippen molar-refractivity contribution in [3.8, 4) is 0 Å². The lowest BCUT2D eigenvalue weighted by Gasteiger charge is -2.27. The normalized spacial score (nSPS) is 22.1. The van der Waals surface area contributed by atoms with Gasteiger partial charge in [-0.1, -0.05) is 0 Å². The van der Waals surface area contributed by atoms with Crippen molar-refractivity contribution in [2.24, 2.45) is 4.99 Å². The Labute approximate surface area is 120 Å². The van der Waals surface area contributed by atoms with Crippen LogP contribution >= 0.6 is 0 Å². The first-order valence-corrected chi connectivity index (χ1v) is 7.30. The van der Waals surface area contributed by atoms with E-state index in [4.69, 9.17) is 4.55 Å². The summed E-state index contributed by atoms with van der Waals surface area (Å²) in [7, 11) is -4.31. The van der Waals surface area contributed by atoms with E-state index in [1.807, 2.05) is 0 Å². The summed E-state index contributed by atoms with van der Waals surface area (Å²) in [6.45, 7) is 2.93. The molecule has 3 N–H and O–H groups in total. The Balaban J connectivity index is 2.33. The standard InChI is InChI=1S/C12H13F2N3O3S/c1-7-5-8(3-4-9(7)21(18,19)20)16-12(2)6-10(13)15-11(14)17-12/h3-6,16H,1-2H3,(H,15,17)(H,18,19,20). The average molecular weight is 317 g/mol. The van der Waals surface area contributed by atoms with Crippen LogP contribution in [0.2, 0.25) is 0 Å². The molecule has 0 aliphatic carbocycles. The monoisotopic (exact) mass is 317 g/mol. The molecule has 1 aromatic carbocycles. The van der Waals surface area contributed by atoms with Gasteiger partial charge in [-0.05, 0) is 37.6 Å². The number of hydrogen-bond acceptors (Lipinski definition) is 5. The number of anilines is 1. The van der Waals surface area contributed by atoms with Crippen molar-refractivity contribution in [2.75, 3.05) is 5.32 Å². The highest BCUT2D eigenvalue weighted by molar-refractivity contribution is 7.85. The Morgan fingerprint density at radius 1 is 1.38 bits per heavy atom. The van der Waals surface area contributed by atoms with Gasteiger partial charge in [-0.15, -0.1) is 0 Å². The largest absolute Gasteiger partial charge is 0.358 e. The zero-order valence-electron chi connectivity index (χ0n) is 11.2. The van der Waals surface area contributed by atoms with Crippen LogP contribution in [0.1, 0.15) is 12.5 Å². The number of nitrogens with one attached hydrogen (secondary N) is 2. The molecule has 6 nitrogen and oxygen atoms in total. The van der Waals surface area contributed by atoms with E-state index in [-0.39, 0.29) is 10.5 Å². The highest BCUT2D eigenvalue weighted by atomic mass is 32.2. The summed E-state index contributed by atoms with van der Waals surface area (Å²) in [5, 5.41) is 4.56. The number of aryl methyl sites for hydroxylation is 1. The molecule has 1 unspecified atom stereocenters. The van der Waals surface area contributed by atoms with Crippen molar-refractivity contribution in [2.45, 2.75) is 24.4 Å². The molecular formula is C12H13F2N3O3S. The SMILES string of the molecule is Cc1cc(NC2(C)C=C(F)NC(F)=N2)ccc1S(=O)(=O)O. The molecule has 0 aromatic heterocycles. The van der Waals surface area contributed by atoms with Crippen LogP contribution in [0.3, 0.4) is 0 Å². The number of benzene rings is 1. The van der Waals surface area contributed by atoms with Crippen LogP contribution in [0.5, 0.6) is 0 Å². The van der Waals surface area contributed by atoms with Crippen LogP contribution in [0.15, 0.2) is 40.1 Å². The molecule has 1 aliphatic rings. The van der Waals surface area contributed by atoms with E-state index >= 15 is 0 Å². The molecule has 9 heteroatoms. The van der Waals surface area contributed by atoms with Crippen molar-refractivity contribution < 1.29 is 21.8 Å². The summed E-state index contributed by atoms with van der Waals surface area (Å²) >= 11 is 0. The third-order valence-corrected chi connectivity index (χ3v) is 3.82. The lowest BCUT2D eigenvalue weighted by Crippen LogP contribution is -2.38. The van der Waals surface area contributed by atoms with E-state index in [2.05, 4.69) is 10.3 Å². The molecule has 2 rings (SSSR count). The smallest absolute Gasteiger partial charge is 0.294 e. The van der Waals surface area contributed by atoms with E-state index in [1.54, 1.807) is 5.32 Å². The van der Waals surface area contributed by atoms with Crippen molar-refractivity contribution in [1.82, 2.24) is 5.32 Å². The Morgan fingerprint density at radius 2 is 2.05 bits per heavy atom. The van der Waals surface area contributed by atoms with Gasteiger partial charge >= 0.3 is 0 Å². The van der Waals surface area contributed by atoms with Gasteiger partial charge in [-0.2, -0.15) is 17.2 Å². The van der Waals surface area contributed by atoms with Gasteiger partial charge in [0.15, 0.2) is 11.6 Å². The first kappa shape index (κ1) is 15.4. The number of rotatable bonds is 3. The Hall–Kier alpha value is -2.00. The average Bonchev–Trinajstić information content (AvgIpc) is 2.23. The van der Waals surface area contributed by atoms with Gasteiger partial charge in [-0.3, -0.25) is 9.87 Å². The molecule has 0 saturated heterocycles. The zero-order chi connectivity index (χ0) is 15.8. The van der Waals surface area contributed by atoms with Gasteiger partial charge in [-0.25, -0.2) is 4.99 Å². The third kappa shape index (κ3) is 3.56. The quantitative estimate of drug-likeness (QED) is 0.587. The van der Waals surface area contributed by atoms with Gasteiger partial charge in [0.05, 0.1) is 4.90 Å². The fourth-order valence-corrected chi connectivity index (χ4v) is 2.72. The Bertz CT molecular complexity index is 726. The van der Waals surface area contributed by atoms with Crippen LogP contribution < -0.4 is 10.6 Å².